The standard InChI is InChI=1S/C8H15NO.C5H12/c1-7-3-5-9(6-4-7)8(2)10;1-5(2,3)4/h7H,3-6H2,1-2H3;1-4H3. The Labute approximate surface area is 95.0 Å². The second-order valence-electron chi connectivity index (χ2n) is 6.19. The molecule has 0 aromatic heterocycles. The maximum Gasteiger partial charge on any atom is 0.219 e. The summed E-state index contributed by atoms with van der Waals surface area (Å²) in [7, 11) is 0. The van der Waals surface area contributed by atoms with Crippen LogP contribution >= 0.6 is 0 Å². The van der Waals surface area contributed by atoms with E-state index >= 15 is 0 Å². The molecule has 0 bridgehead atoms. The first kappa shape index (κ1) is 14.5. The molecule has 0 aliphatic carbocycles. The monoisotopic (exact) mass is 213 g/mol. The number of rotatable bonds is 0. The molecule has 90 valence electrons. The Hall–Kier alpha value is -0.530. The highest BCUT2D eigenvalue weighted by atomic mass is 16.2. The molecule has 0 aromatic carbocycles. The molecule has 1 saturated heterocycles. The Morgan fingerprint density at radius 1 is 1.13 bits per heavy atom. The summed E-state index contributed by atoms with van der Waals surface area (Å²) < 4.78 is 0. The molecule has 1 heterocycles. The molecule has 1 aliphatic heterocycles. The van der Waals surface area contributed by atoms with Crippen LogP contribution in [0.4, 0.5) is 0 Å². The van der Waals surface area contributed by atoms with Gasteiger partial charge in [-0.3, -0.25) is 4.79 Å². The van der Waals surface area contributed by atoms with E-state index in [0.717, 1.165) is 19.0 Å². The lowest BCUT2D eigenvalue weighted by Gasteiger charge is -2.29. The summed E-state index contributed by atoms with van der Waals surface area (Å²) in [6, 6.07) is 0. The first-order chi connectivity index (χ1) is 6.70. The molecule has 0 spiro atoms. The third kappa shape index (κ3) is 9.77. The summed E-state index contributed by atoms with van der Waals surface area (Å²) in [4.78, 5) is 12.8. The van der Waals surface area contributed by atoms with Gasteiger partial charge in [-0.1, -0.05) is 34.6 Å². The average molecular weight is 213 g/mol. The highest BCUT2D eigenvalue weighted by molar-refractivity contribution is 5.73. The van der Waals surface area contributed by atoms with Gasteiger partial charge in [-0.15, -0.1) is 0 Å². The molecule has 0 N–H and O–H groups in total. The van der Waals surface area contributed by atoms with Gasteiger partial charge in [0, 0.05) is 20.0 Å². The predicted molar refractivity (Wildman–Crippen MR) is 65.8 cm³/mol. The van der Waals surface area contributed by atoms with Crippen molar-refractivity contribution < 1.29 is 4.79 Å². The van der Waals surface area contributed by atoms with Gasteiger partial charge in [0.05, 0.1) is 0 Å². The van der Waals surface area contributed by atoms with E-state index in [2.05, 4.69) is 34.6 Å². The average Bonchev–Trinajstić information content (AvgIpc) is 2.01. The molecule has 0 radical (unpaired) electrons. The minimum Gasteiger partial charge on any atom is -0.343 e. The van der Waals surface area contributed by atoms with Gasteiger partial charge < -0.3 is 4.90 Å². The highest BCUT2D eigenvalue weighted by Crippen LogP contribution is 2.15. The molecule has 1 aliphatic rings. The Morgan fingerprint density at radius 2 is 1.47 bits per heavy atom. The number of amides is 1. The lowest BCUT2D eigenvalue weighted by Crippen LogP contribution is -2.36. The van der Waals surface area contributed by atoms with Crippen molar-refractivity contribution in [2.45, 2.75) is 54.4 Å². The maximum absolute atomic E-state index is 10.8. The molecule has 2 heteroatoms. The SMILES string of the molecule is CC(=O)N1CCC(C)CC1.CC(C)(C)C. The van der Waals surface area contributed by atoms with Crippen molar-refractivity contribution in [3.8, 4) is 0 Å². The lowest BCUT2D eigenvalue weighted by atomic mass is 9.99. The van der Waals surface area contributed by atoms with Crippen LogP contribution in [0.1, 0.15) is 54.4 Å². The van der Waals surface area contributed by atoms with Crippen molar-refractivity contribution in [1.29, 1.82) is 0 Å². The number of carbonyl (C=O) groups is 1. The Bertz CT molecular complexity index is 179. The first-order valence-electron chi connectivity index (χ1n) is 5.95. The molecule has 2 nitrogen and oxygen atoms in total. The number of nitrogens with zero attached hydrogens (tertiary/aromatic N) is 1. The molecular formula is C13H27NO. The fourth-order valence-corrected chi connectivity index (χ4v) is 1.32. The second kappa shape index (κ2) is 6.14. The van der Waals surface area contributed by atoms with Crippen LogP contribution in [0.3, 0.4) is 0 Å². The smallest absolute Gasteiger partial charge is 0.219 e. The van der Waals surface area contributed by atoms with E-state index in [1.54, 1.807) is 6.92 Å². The van der Waals surface area contributed by atoms with Crippen LogP contribution < -0.4 is 0 Å². The van der Waals surface area contributed by atoms with Crippen LogP contribution in [0.15, 0.2) is 0 Å². The van der Waals surface area contributed by atoms with Gasteiger partial charge in [0.15, 0.2) is 0 Å². The van der Waals surface area contributed by atoms with Gasteiger partial charge in [0.25, 0.3) is 0 Å². The van der Waals surface area contributed by atoms with Crippen LogP contribution in [0.25, 0.3) is 0 Å². The van der Waals surface area contributed by atoms with E-state index in [1.165, 1.54) is 12.8 Å². The van der Waals surface area contributed by atoms with E-state index < -0.39 is 0 Å². The Kier molecular flexibility index (Phi) is 5.92. The fraction of sp³-hybridized carbons (Fsp3) is 0.923. The van der Waals surface area contributed by atoms with Gasteiger partial charge in [-0.25, -0.2) is 0 Å². The van der Waals surface area contributed by atoms with Gasteiger partial charge in [-0.2, -0.15) is 0 Å². The summed E-state index contributed by atoms with van der Waals surface area (Å²) in [6.45, 7) is 14.6. The van der Waals surface area contributed by atoms with E-state index in [9.17, 15) is 4.79 Å². The molecule has 1 fully saturated rings. The van der Waals surface area contributed by atoms with E-state index in [4.69, 9.17) is 0 Å². The summed E-state index contributed by atoms with van der Waals surface area (Å²) in [6.07, 6.45) is 2.36. The number of likely N-dealkylation sites (tertiary alicyclic amines) is 1. The maximum atomic E-state index is 10.8. The topological polar surface area (TPSA) is 20.3 Å². The summed E-state index contributed by atoms with van der Waals surface area (Å²) in [5.74, 6) is 1.04. The summed E-state index contributed by atoms with van der Waals surface area (Å²) >= 11 is 0. The number of hydrogen-bond acceptors (Lipinski definition) is 1. The molecular weight excluding hydrogens is 186 g/mol. The van der Waals surface area contributed by atoms with Crippen LogP contribution in [0.2, 0.25) is 0 Å². The largest absolute Gasteiger partial charge is 0.343 e. The molecule has 0 saturated carbocycles. The van der Waals surface area contributed by atoms with Crippen LogP contribution in [-0.4, -0.2) is 23.9 Å². The number of carbonyl (C=O) groups excluding carboxylic acids is 1. The third-order valence-electron chi connectivity index (χ3n) is 2.23. The zero-order chi connectivity index (χ0) is 12.1. The molecule has 0 aromatic rings. The second-order valence-corrected chi connectivity index (χ2v) is 6.19. The van der Waals surface area contributed by atoms with E-state index in [-0.39, 0.29) is 5.91 Å². The van der Waals surface area contributed by atoms with Crippen molar-refractivity contribution in [3.05, 3.63) is 0 Å². The lowest BCUT2D eigenvalue weighted by molar-refractivity contribution is -0.130. The summed E-state index contributed by atoms with van der Waals surface area (Å²) in [5.41, 5.74) is 0.500. The minimum atomic E-state index is 0.229. The molecule has 1 amide bonds. The minimum absolute atomic E-state index is 0.229. The van der Waals surface area contributed by atoms with Crippen LogP contribution in [-0.2, 0) is 4.79 Å². The van der Waals surface area contributed by atoms with Crippen LogP contribution in [0.5, 0.6) is 0 Å². The zero-order valence-electron chi connectivity index (χ0n) is 11.3. The van der Waals surface area contributed by atoms with Gasteiger partial charge >= 0.3 is 0 Å². The molecule has 1 rings (SSSR count). The van der Waals surface area contributed by atoms with E-state index in [1.807, 2.05) is 4.90 Å². The first-order valence-corrected chi connectivity index (χ1v) is 5.95. The molecule has 0 unspecified atom stereocenters. The van der Waals surface area contributed by atoms with Gasteiger partial charge in [-0.05, 0) is 24.2 Å². The molecule has 0 atom stereocenters. The fourth-order valence-electron chi connectivity index (χ4n) is 1.32. The van der Waals surface area contributed by atoms with Crippen molar-refractivity contribution >= 4 is 5.91 Å². The van der Waals surface area contributed by atoms with Crippen molar-refractivity contribution in [2.75, 3.05) is 13.1 Å². The molecule has 15 heavy (non-hydrogen) atoms. The highest BCUT2D eigenvalue weighted by Gasteiger charge is 2.16. The summed E-state index contributed by atoms with van der Waals surface area (Å²) in [5, 5.41) is 0. The predicted octanol–water partition coefficient (Wildman–Crippen LogP) is 3.32. The number of piperidine rings is 1. The Morgan fingerprint density at radius 3 is 1.73 bits per heavy atom. The quantitative estimate of drug-likeness (QED) is 0.604. The van der Waals surface area contributed by atoms with Gasteiger partial charge in [0.2, 0.25) is 5.91 Å². The zero-order valence-corrected chi connectivity index (χ0v) is 11.3. The van der Waals surface area contributed by atoms with E-state index in [0.29, 0.717) is 5.41 Å². The Balaban J connectivity index is 0.000000336. The van der Waals surface area contributed by atoms with Gasteiger partial charge in [0.1, 0.15) is 0 Å². The normalized spacial score (nSPS) is 18.1. The number of hydrogen-bond donors (Lipinski definition) is 0. The van der Waals surface area contributed by atoms with Crippen LogP contribution in [0, 0.1) is 11.3 Å². The van der Waals surface area contributed by atoms with Crippen molar-refractivity contribution in [2.24, 2.45) is 11.3 Å². The van der Waals surface area contributed by atoms with Crippen molar-refractivity contribution in [1.82, 2.24) is 4.90 Å². The van der Waals surface area contributed by atoms with Crippen molar-refractivity contribution in [3.63, 3.8) is 0 Å². The third-order valence-corrected chi connectivity index (χ3v) is 2.23.